The molecule has 106 valence electrons. The first kappa shape index (κ1) is 14.3. The molecule has 1 aromatic carbocycles. The van der Waals surface area contributed by atoms with E-state index in [2.05, 4.69) is 27.6 Å². The van der Waals surface area contributed by atoms with Crippen LogP contribution in [0.3, 0.4) is 0 Å². The molecule has 1 amide bonds. The summed E-state index contributed by atoms with van der Waals surface area (Å²) in [7, 11) is 1.57. The van der Waals surface area contributed by atoms with Gasteiger partial charge in [0, 0.05) is 18.9 Å². The van der Waals surface area contributed by atoms with Gasteiger partial charge in [0.05, 0.1) is 13.0 Å². The van der Waals surface area contributed by atoms with Crippen LogP contribution in [-0.2, 0) is 22.4 Å². The molecule has 0 radical (unpaired) electrons. The number of nitrogens with one attached hydrogen (secondary N) is 2. The number of anilines is 1. The standard InChI is InChI=1S/C15H19N3O2/c1-20-10-9-15(19)16-14-11-13(17-18-14)8-7-12-5-3-2-4-6-12/h2-6,11H,7-10H2,1H3,(H2,16,17,18,19). The molecule has 5 heteroatoms. The van der Waals surface area contributed by atoms with Crippen LogP contribution in [0.4, 0.5) is 5.82 Å². The van der Waals surface area contributed by atoms with E-state index >= 15 is 0 Å². The Labute approximate surface area is 118 Å². The average molecular weight is 273 g/mol. The van der Waals surface area contributed by atoms with Gasteiger partial charge >= 0.3 is 0 Å². The van der Waals surface area contributed by atoms with Gasteiger partial charge in [0.15, 0.2) is 5.82 Å². The van der Waals surface area contributed by atoms with Crippen molar-refractivity contribution in [2.24, 2.45) is 0 Å². The number of aromatic nitrogens is 2. The third-order valence-electron chi connectivity index (χ3n) is 2.96. The minimum Gasteiger partial charge on any atom is -0.384 e. The number of aromatic amines is 1. The molecule has 0 bridgehead atoms. The van der Waals surface area contributed by atoms with Gasteiger partial charge in [-0.2, -0.15) is 5.10 Å². The summed E-state index contributed by atoms with van der Waals surface area (Å²) in [4.78, 5) is 11.5. The SMILES string of the molecule is COCCC(=O)Nc1cc(CCc2ccccc2)[nH]n1. The maximum absolute atomic E-state index is 11.5. The van der Waals surface area contributed by atoms with Crippen molar-refractivity contribution in [1.29, 1.82) is 0 Å². The molecule has 0 aliphatic rings. The highest BCUT2D eigenvalue weighted by molar-refractivity contribution is 5.89. The van der Waals surface area contributed by atoms with Crippen LogP contribution in [0.2, 0.25) is 0 Å². The number of hydrogen-bond donors (Lipinski definition) is 2. The van der Waals surface area contributed by atoms with E-state index in [1.807, 2.05) is 24.3 Å². The fraction of sp³-hybridized carbons (Fsp3) is 0.333. The van der Waals surface area contributed by atoms with Gasteiger partial charge in [-0.1, -0.05) is 30.3 Å². The second-order valence-corrected chi connectivity index (χ2v) is 4.55. The number of nitrogens with zero attached hydrogens (tertiary/aromatic N) is 1. The number of ether oxygens (including phenoxy) is 1. The maximum atomic E-state index is 11.5. The maximum Gasteiger partial charge on any atom is 0.227 e. The third-order valence-corrected chi connectivity index (χ3v) is 2.96. The first-order valence-corrected chi connectivity index (χ1v) is 6.65. The van der Waals surface area contributed by atoms with E-state index in [1.165, 1.54) is 5.56 Å². The number of benzene rings is 1. The Morgan fingerprint density at radius 1 is 1.30 bits per heavy atom. The van der Waals surface area contributed by atoms with Gasteiger partial charge in [-0.25, -0.2) is 0 Å². The molecular weight excluding hydrogens is 254 g/mol. The van der Waals surface area contributed by atoms with Crippen LogP contribution in [-0.4, -0.2) is 29.8 Å². The summed E-state index contributed by atoms with van der Waals surface area (Å²) < 4.78 is 4.85. The van der Waals surface area contributed by atoms with E-state index in [0.29, 0.717) is 18.8 Å². The Kier molecular flexibility index (Phi) is 5.32. The topological polar surface area (TPSA) is 67.0 Å². The Balaban J connectivity index is 1.81. The largest absolute Gasteiger partial charge is 0.384 e. The monoisotopic (exact) mass is 273 g/mol. The number of hydrogen-bond acceptors (Lipinski definition) is 3. The highest BCUT2D eigenvalue weighted by atomic mass is 16.5. The van der Waals surface area contributed by atoms with E-state index < -0.39 is 0 Å². The van der Waals surface area contributed by atoms with Crippen molar-refractivity contribution >= 4 is 11.7 Å². The van der Waals surface area contributed by atoms with Crippen LogP contribution in [0, 0.1) is 0 Å². The Bertz CT molecular complexity index is 537. The van der Waals surface area contributed by atoms with Crippen molar-refractivity contribution in [3.05, 3.63) is 47.7 Å². The van der Waals surface area contributed by atoms with Crippen LogP contribution in [0.15, 0.2) is 36.4 Å². The van der Waals surface area contributed by atoms with Gasteiger partial charge in [-0.3, -0.25) is 9.89 Å². The molecule has 0 atom stereocenters. The molecular formula is C15H19N3O2. The summed E-state index contributed by atoms with van der Waals surface area (Å²) in [5.41, 5.74) is 2.30. The molecule has 0 spiro atoms. The zero-order valence-electron chi connectivity index (χ0n) is 11.6. The fourth-order valence-electron chi connectivity index (χ4n) is 1.88. The molecule has 1 aromatic heterocycles. The molecule has 0 unspecified atom stereocenters. The summed E-state index contributed by atoms with van der Waals surface area (Å²) in [6, 6.07) is 12.1. The van der Waals surface area contributed by atoms with Gasteiger partial charge in [-0.15, -0.1) is 0 Å². The number of carbonyl (C=O) groups is 1. The van der Waals surface area contributed by atoms with E-state index in [-0.39, 0.29) is 5.91 Å². The molecule has 0 saturated carbocycles. The average Bonchev–Trinajstić information content (AvgIpc) is 2.91. The van der Waals surface area contributed by atoms with Crippen molar-refractivity contribution in [1.82, 2.24) is 10.2 Å². The van der Waals surface area contributed by atoms with Gasteiger partial charge < -0.3 is 10.1 Å². The smallest absolute Gasteiger partial charge is 0.227 e. The van der Waals surface area contributed by atoms with E-state index in [1.54, 1.807) is 7.11 Å². The van der Waals surface area contributed by atoms with E-state index in [4.69, 9.17) is 4.74 Å². The number of aryl methyl sites for hydroxylation is 2. The van der Waals surface area contributed by atoms with Crippen molar-refractivity contribution in [2.75, 3.05) is 19.0 Å². The predicted octanol–water partition coefficient (Wildman–Crippen LogP) is 2.17. The summed E-state index contributed by atoms with van der Waals surface area (Å²) in [5, 5.41) is 9.75. The summed E-state index contributed by atoms with van der Waals surface area (Å²) in [5.74, 6) is 0.474. The van der Waals surface area contributed by atoms with Crippen LogP contribution in [0.25, 0.3) is 0 Å². The predicted molar refractivity (Wildman–Crippen MR) is 77.6 cm³/mol. The molecule has 0 fully saturated rings. The third kappa shape index (κ3) is 4.51. The molecule has 0 aliphatic heterocycles. The highest BCUT2D eigenvalue weighted by Gasteiger charge is 2.06. The van der Waals surface area contributed by atoms with Gasteiger partial charge in [-0.05, 0) is 18.4 Å². The zero-order chi connectivity index (χ0) is 14.2. The van der Waals surface area contributed by atoms with Gasteiger partial charge in [0.2, 0.25) is 5.91 Å². The number of methoxy groups -OCH3 is 1. The summed E-state index contributed by atoms with van der Waals surface area (Å²) in [6.45, 7) is 0.414. The second kappa shape index (κ2) is 7.45. The lowest BCUT2D eigenvalue weighted by atomic mass is 10.1. The fourth-order valence-corrected chi connectivity index (χ4v) is 1.88. The molecule has 1 heterocycles. The van der Waals surface area contributed by atoms with Crippen molar-refractivity contribution < 1.29 is 9.53 Å². The van der Waals surface area contributed by atoms with Crippen molar-refractivity contribution in [3.8, 4) is 0 Å². The molecule has 5 nitrogen and oxygen atoms in total. The minimum absolute atomic E-state index is 0.0899. The van der Waals surface area contributed by atoms with Crippen LogP contribution in [0.1, 0.15) is 17.7 Å². The highest BCUT2D eigenvalue weighted by Crippen LogP contribution is 2.09. The number of carbonyl (C=O) groups excluding carboxylic acids is 1. The molecule has 20 heavy (non-hydrogen) atoms. The lowest BCUT2D eigenvalue weighted by molar-refractivity contribution is -0.117. The second-order valence-electron chi connectivity index (χ2n) is 4.55. The lowest BCUT2D eigenvalue weighted by Gasteiger charge is -2.00. The summed E-state index contributed by atoms with van der Waals surface area (Å²) >= 11 is 0. The van der Waals surface area contributed by atoms with E-state index in [9.17, 15) is 4.79 Å². The van der Waals surface area contributed by atoms with Gasteiger partial charge in [0.25, 0.3) is 0 Å². The van der Waals surface area contributed by atoms with Crippen LogP contribution in [0.5, 0.6) is 0 Å². The number of H-pyrrole nitrogens is 1. The quantitative estimate of drug-likeness (QED) is 0.812. The molecule has 2 aromatic rings. The van der Waals surface area contributed by atoms with Crippen molar-refractivity contribution in [3.63, 3.8) is 0 Å². The first-order chi connectivity index (χ1) is 9.78. The zero-order valence-corrected chi connectivity index (χ0v) is 11.6. The Morgan fingerprint density at radius 3 is 2.85 bits per heavy atom. The van der Waals surface area contributed by atoms with Gasteiger partial charge in [0.1, 0.15) is 0 Å². The molecule has 2 N–H and O–H groups in total. The van der Waals surface area contributed by atoms with Crippen LogP contribution < -0.4 is 5.32 Å². The Morgan fingerprint density at radius 2 is 2.10 bits per heavy atom. The molecule has 0 aliphatic carbocycles. The molecule has 2 rings (SSSR count). The lowest BCUT2D eigenvalue weighted by Crippen LogP contribution is -2.13. The minimum atomic E-state index is -0.0899. The van der Waals surface area contributed by atoms with E-state index in [0.717, 1.165) is 18.5 Å². The number of rotatable bonds is 7. The normalized spacial score (nSPS) is 10.4. The molecule has 0 saturated heterocycles. The first-order valence-electron chi connectivity index (χ1n) is 6.65. The van der Waals surface area contributed by atoms with Crippen molar-refractivity contribution in [2.45, 2.75) is 19.3 Å². The number of amides is 1. The Hall–Kier alpha value is -2.14. The van der Waals surface area contributed by atoms with Crippen LogP contribution >= 0.6 is 0 Å². The summed E-state index contributed by atoms with van der Waals surface area (Å²) in [6.07, 6.45) is 2.15.